The highest BCUT2D eigenvalue weighted by atomic mass is 127. The lowest BCUT2D eigenvalue weighted by molar-refractivity contribution is 0.111. The van der Waals surface area contributed by atoms with Crippen molar-refractivity contribution in [3.8, 4) is 0 Å². The molecule has 0 fully saturated rings. The number of rotatable bonds is 7. The number of aryl methyl sites for hydroxylation is 1. The van der Waals surface area contributed by atoms with E-state index in [-0.39, 0.29) is 0 Å². The molecule has 90 valence electrons. The van der Waals surface area contributed by atoms with Crippen LogP contribution in [0.1, 0.15) is 59.5 Å². The molecule has 1 heterocycles. The first kappa shape index (κ1) is 13.7. The van der Waals surface area contributed by atoms with Crippen LogP contribution in [-0.4, -0.2) is 10.9 Å². The number of aromatic nitrogens is 1. The van der Waals surface area contributed by atoms with Crippen molar-refractivity contribution in [3.63, 3.8) is 0 Å². The van der Waals surface area contributed by atoms with Crippen molar-refractivity contribution in [2.24, 2.45) is 0 Å². The van der Waals surface area contributed by atoms with E-state index in [9.17, 15) is 4.79 Å². The molecule has 2 nitrogen and oxygen atoms in total. The highest BCUT2D eigenvalue weighted by Crippen LogP contribution is 2.29. The predicted octanol–water partition coefficient (Wildman–Crippen LogP) is 4.38. The molecule has 0 aromatic carbocycles. The van der Waals surface area contributed by atoms with E-state index in [2.05, 4.69) is 47.2 Å². The molecule has 0 N–H and O–H groups in total. The van der Waals surface area contributed by atoms with Crippen molar-refractivity contribution in [1.82, 2.24) is 4.57 Å². The molecule has 0 aliphatic rings. The minimum atomic E-state index is 0.532. The molecule has 0 saturated carbocycles. The Bertz CT molecular complexity index is 333. The Morgan fingerprint density at radius 1 is 1.44 bits per heavy atom. The number of nitrogens with zero attached hydrogens (tertiary/aromatic N) is 1. The van der Waals surface area contributed by atoms with Gasteiger partial charge in [0.1, 0.15) is 0 Å². The number of carbonyl (C=O) groups is 1. The second kappa shape index (κ2) is 7.09. The van der Waals surface area contributed by atoms with E-state index in [1.54, 1.807) is 0 Å². The van der Waals surface area contributed by atoms with Crippen LogP contribution in [0.4, 0.5) is 0 Å². The highest BCUT2D eigenvalue weighted by Gasteiger charge is 2.11. The summed E-state index contributed by atoms with van der Waals surface area (Å²) in [7, 11) is 0. The second-order valence-corrected chi connectivity index (χ2v) is 5.62. The summed E-state index contributed by atoms with van der Waals surface area (Å²) < 4.78 is 2.62. The lowest BCUT2D eigenvalue weighted by Gasteiger charge is -2.05. The van der Waals surface area contributed by atoms with Gasteiger partial charge in [-0.2, -0.15) is 0 Å². The average Bonchev–Trinajstić information content (AvgIpc) is 2.70. The molecule has 0 bridgehead atoms. The molecule has 16 heavy (non-hydrogen) atoms. The van der Waals surface area contributed by atoms with Gasteiger partial charge in [-0.25, -0.2) is 0 Å². The third-order valence-corrected chi connectivity index (χ3v) is 4.07. The van der Waals surface area contributed by atoms with Crippen LogP contribution in [0.2, 0.25) is 0 Å². The lowest BCUT2D eigenvalue weighted by Crippen LogP contribution is -2.00. The van der Waals surface area contributed by atoms with E-state index < -0.39 is 0 Å². The number of carbonyl (C=O) groups excluding carboxylic acids is 1. The zero-order chi connectivity index (χ0) is 12.0. The summed E-state index contributed by atoms with van der Waals surface area (Å²) in [5.41, 5.74) is 2.11. The number of halogens is 1. The monoisotopic (exact) mass is 333 g/mol. The van der Waals surface area contributed by atoms with Crippen LogP contribution < -0.4 is 0 Å². The van der Waals surface area contributed by atoms with E-state index in [0.29, 0.717) is 3.92 Å². The van der Waals surface area contributed by atoms with Gasteiger partial charge in [-0.15, -0.1) is 0 Å². The van der Waals surface area contributed by atoms with Crippen LogP contribution in [0.5, 0.6) is 0 Å². The quantitative estimate of drug-likeness (QED) is 0.412. The van der Waals surface area contributed by atoms with Crippen molar-refractivity contribution in [3.05, 3.63) is 23.5 Å². The molecular weight excluding hydrogens is 313 g/mol. The van der Waals surface area contributed by atoms with Gasteiger partial charge in [0.15, 0.2) is 6.29 Å². The van der Waals surface area contributed by atoms with Crippen LogP contribution in [-0.2, 0) is 6.54 Å². The molecule has 0 amide bonds. The Balaban J connectivity index is 2.80. The molecule has 0 aliphatic heterocycles. The molecule has 0 saturated heterocycles. The van der Waals surface area contributed by atoms with Gasteiger partial charge in [0, 0.05) is 16.7 Å². The molecule has 1 rings (SSSR count). The summed E-state index contributed by atoms with van der Waals surface area (Å²) in [4.78, 5) is 11.0. The van der Waals surface area contributed by atoms with Crippen molar-refractivity contribution < 1.29 is 4.79 Å². The number of hydrogen-bond acceptors (Lipinski definition) is 1. The van der Waals surface area contributed by atoms with Gasteiger partial charge in [0.25, 0.3) is 0 Å². The van der Waals surface area contributed by atoms with Gasteiger partial charge in [-0.05, 0) is 24.5 Å². The maximum absolute atomic E-state index is 11.0. The Kier molecular flexibility index (Phi) is 6.09. The Hall–Kier alpha value is -0.320. The minimum Gasteiger partial charge on any atom is -0.345 e. The summed E-state index contributed by atoms with van der Waals surface area (Å²) in [6.45, 7) is 5.32. The summed E-state index contributed by atoms with van der Waals surface area (Å²) in [6.07, 6.45) is 7.77. The van der Waals surface area contributed by atoms with Gasteiger partial charge in [0.2, 0.25) is 0 Å². The van der Waals surface area contributed by atoms with E-state index in [1.165, 1.54) is 18.4 Å². The fourth-order valence-corrected chi connectivity index (χ4v) is 2.72. The molecule has 0 radical (unpaired) electrons. The van der Waals surface area contributed by atoms with Crippen molar-refractivity contribution >= 4 is 28.9 Å². The number of alkyl halides is 1. The first-order chi connectivity index (χ1) is 7.72. The summed E-state index contributed by atoms with van der Waals surface area (Å²) >= 11 is 2.46. The van der Waals surface area contributed by atoms with Crippen molar-refractivity contribution in [2.75, 3.05) is 0 Å². The summed E-state index contributed by atoms with van der Waals surface area (Å²) in [5, 5.41) is 0. The molecular formula is C13H20INO. The smallest absolute Gasteiger partial charge is 0.166 e. The zero-order valence-electron chi connectivity index (χ0n) is 10.1. The molecule has 1 atom stereocenters. The fourth-order valence-electron chi connectivity index (χ4n) is 1.76. The Morgan fingerprint density at radius 2 is 2.19 bits per heavy atom. The normalized spacial score (nSPS) is 12.7. The molecule has 1 aromatic heterocycles. The topological polar surface area (TPSA) is 22.0 Å². The van der Waals surface area contributed by atoms with E-state index in [0.717, 1.165) is 31.4 Å². The summed E-state index contributed by atoms with van der Waals surface area (Å²) in [5.74, 6) is 0. The molecule has 0 spiro atoms. The maximum Gasteiger partial charge on any atom is 0.166 e. The summed E-state index contributed by atoms with van der Waals surface area (Å²) in [6, 6.07) is 2.04. The largest absolute Gasteiger partial charge is 0.345 e. The van der Waals surface area contributed by atoms with Gasteiger partial charge in [-0.3, -0.25) is 4.79 Å². The van der Waals surface area contributed by atoms with Crippen LogP contribution in [0, 0.1) is 0 Å². The number of unbranched alkanes of at least 4 members (excludes halogenated alkanes) is 1. The molecule has 1 unspecified atom stereocenters. The van der Waals surface area contributed by atoms with Gasteiger partial charge < -0.3 is 4.57 Å². The first-order valence-corrected chi connectivity index (χ1v) is 7.26. The third-order valence-electron chi connectivity index (χ3n) is 2.73. The van der Waals surface area contributed by atoms with Gasteiger partial charge >= 0.3 is 0 Å². The van der Waals surface area contributed by atoms with Crippen LogP contribution in [0.25, 0.3) is 0 Å². The Labute approximate surface area is 112 Å². The lowest BCUT2D eigenvalue weighted by atomic mass is 10.1. The van der Waals surface area contributed by atoms with E-state index >= 15 is 0 Å². The number of aldehydes is 1. The SMILES string of the molecule is CCCCn1cc(C(I)CCC)cc1C=O. The standard InChI is InChI=1S/C13H20INO/c1-3-5-7-15-9-11(8-12(15)10-16)13(14)6-4-2/h8-10,13H,3-7H2,1-2H3. The second-order valence-electron chi connectivity index (χ2n) is 4.12. The Morgan fingerprint density at radius 3 is 2.75 bits per heavy atom. The maximum atomic E-state index is 11.0. The van der Waals surface area contributed by atoms with E-state index in [4.69, 9.17) is 0 Å². The third kappa shape index (κ3) is 3.61. The minimum absolute atomic E-state index is 0.532. The molecule has 3 heteroatoms. The van der Waals surface area contributed by atoms with E-state index in [1.807, 2.05) is 6.07 Å². The van der Waals surface area contributed by atoms with Crippen LogP contribution in [0.3, 0.4) is 0 Å². The molecule has 1 aromatic rings. The van der Waals surface area contributed by atoms with Crippen LogP contribution in [0.15, 0.2) is 12.3 Å². The average molecular weight is 333 g/mol. The zero-order valence-corrected chi connectivity index (χ0v) is 12.2. The number of hydrogen-bond donors (Lipinski definition) is 0. The first-order valence-electron chi connectivity index (χ1n) is 6.02. The van der Waals surface area contributed by atoms with Crippen LogP contribution >= 0.6 is 22.6 Å². The molecule has 0 aliphatic carbocycles. The fraction of sp³-hybridized carbons (Fsp3) is 0.615. The van der Waals surface area contributed by atoms with Crippen molar-refractivity contribution in [1.29, 1.82) is 0 Å². The van der Waals surface area contributed by atoms with Gasteiger partial charge in [-0.1, -0.05) is 49.3 Å². The predicted molar refractivity (Wildman–Crippen MR) is 76.4 cm³/mol. The van der Waals surface area contributed by atoms with Crippen molar-refractivity contribution in [2.45, 2.75) is 50.0 Å². The van der Waals surface area contributed by atoms with Gasteiger partial charge in [0.05, 0.1) is 5.69 Å². The highest BCUT2D eigenvalue weighted by molar-refractivity contribution is 14.1.